The number of pyridine rings is 1. The molecule has 0 unspecified atom stereocenters. The number of aromatic nitrogens is 1. The molecular formula is C31H37B2NO4. The van der Waals surface area contributed by atoms with Gasteiger partial charge in [0.1, 0.15) is 17.2 Å². The van der Waals surface area contributed by atoms with Crippen molar-refractivity contribution in [1.82, 2.24) is 4.98 Å². The lowest BCUT2D eigenvalue weighted by Gasteiger charge is -2.07. The molecule has 6 rings (SSSR count). The Hall–Kier alpha value is -3.54. The van der Waals surface area contributed by atoms with Crippen molar-refractivity contribution >= 4 is 24.8 Å². The van der Waals surface area contributed by atoms with Crippen LogP contribution in [0.25, 0.3) is 0 Å². The van der Waals surface area contributed by atoms with Gasteiger partial charge in [0.25, 0.3) is 0 Å². The first kappa shape index (κ1) is 29.0. The molecule has 0 radical (unpaired) electrons. The molecule has 0 atom stereocenters. The molecule has 0 aliphatic carbocycles. The third-order valence-electron chi connectivity index (χ3n) is 5.92. The lowest BCUT2D eigenvalue weighted by atomic mass is 9.64. The van der Waals surface area contributed by atoms with E-state index >= 15 is 0 Å². The van der Waals surface area contributed by atoms with Crippen molar-refractivity contribution in [2.45, 2.75) is 54.6 Å². The summed E-state index contributed by atoms with van der Waals surface area (Å²) in [6, 6.07) is 27.6. The molecule has 0 saturated heterocycles. The third-order valence-corrected chi connectivity index (χ3v) is 5.92. The highest BCUT2D eigenvalue weighted by Gasteiger charge is 2.24. The predicted molar refractivity (Wildman–Crippen MR) is 158 cm³/mol. The Labute approximate surface area is 228 Å². The number of benzene rings is 3. The van der Waals surface area contributed by atoms with Gasteiger partial charge < -0.3 is 18.8 Å². The molecule has 3 heterocycles. The van der Waals surface area contributed by atoms with E-state index in [1.54, 1.807) is 6.20 Å². The molecule has 7 heteroatoms. The van der Waals surface area contributed by atoms with Crippen LogP contribution in [0.5, 0.6) is 23.1 Å². The topological polar surface area (TPSA) is 49.8 Å². The Morgan fingerprint density at radius 2 is 1.13 bits per heavy atom. The SMILES string of the molecule is CB1OCc2cc(Oc3ccccc3)ccc21.CB1OCc2cc(Oc3ccccn3)ccc21.CC.CC. The molecule has 0 bridgehead atoms. The van der Waals surface area contributed by atoms with Crippen LogP contribution >= 0.6 is 0 Å². The molecule has 0 saturated carbocycles. The summed E-state index contributed by atoms with van der Waals surface area (Å²) in [6.45, 7) is 13.9. The van der Waals surface area contributed by atoms with E-state index in [9.17, 15) is 0 Å². The van der Waals surface area contributed by atoms with Crippen molar-refractivity contribution in [3.05, 3.63) is 102 Å². The largest absolute Gasteiger partial charge is 0.457 e. The summed E-state index contributed by atoms with van der Waals surface area (Å²) in [5.74, 6) is 3.15. The van der Waals surface area contributed by atoms with E-state index in [0.29, 0.717) is 19.1 Å². The molecule has 2 aliphatic rings. The minimum absolute atomic E-state index is 0.189. The number of nitrogens with zero attached hydrogens (tertiary/aromatic N) is 1. The van der Waals surface area contributed by atoms with Crippen LogP contribution < -0.4 is 20.4 Å². The van der Waals surface area contributed by atoms with Crippen molar-refractivity contribution in [3.63, 3.8) is 0 Å². The zero-order chi connectivity index (χ0) is 27.3. The summed E-state index contributed by atoms with van der Waals surface area (Å²) < 4.78 is 22.6. The average Bonchev–Trinajstić information content (AvgIpc) is 3.54. The van der Waals surface area contributed by atoms with E-state index in [4.69, 9.17) is 18.8 Å². The van der Waals surface area contributed by atoms with Gasteiger partial charge in [-0.05, 0) is 64.5 Å². The first-order chi connectivity index (χ1) is 18.7. The van der Waals surface area contributed by atoms with Crippen LogP contribution in [-0.2, 0) is 22.5 Å². The monoisotopic (exact) mass is 509 g/mol. The molecule has 4 aromatic rings. The molecule has 1 aromatic heterocycles. The Balaban J connectivity index is 0.000000187. The number of hydrogen-bond acceptors (Lipinski definition) is 5. The first-order valence-corrected chi connectivity index (χ1v) is 13.5. The lowest BCUT2D eigenvalue weighted by molar-refractivity contribution is 0.333. The maximum Gasteiger partial charge on any atom is 0.324 e. The summed E-state index contributed by atoms with van der Waals surface area (Å²) in [5, 5.41) is 0. The second kappa shape index (κ2) is 15.0. The zero-order valence-electron chi connectivity index (χ0n) is 23.3. The van der Waals surface area contributed by atoms with Crippen molar-refractivity contribution in [2.24, 2.45) is 0 Å². The highest BCUT2D eigenvalue weighted by molar-refractivity contribution is 6.67. The first-order valence-electron chi connectivity index (χ1n) is 13.5. The maximum atomic E-state index is 5.78. The number of ether oxygens (including phenoxy) is 2. The van der Waals surface area contributed by atoms with Crippen LogP contribution in [0.1, 0.15) is 38.8 Å². The molecule has 0 fully saturated rings. The van der Waals surface area contributed by atoms with E-state index in [0.717, 1.165) is 17.2 Å². The molecule has 0 spiro atoms. The quantitative estimate of drug-likeness (QED) is 0.274. The van der Waals surface area contributed by atoms with Gasteiger partial charge in [-0.2, -0.15) is 0 Å². The van der Waals surface area contributed by atoms with E-state index in [-0.39, 0.29) is 13.8 Å². The number of fused-ring (bicyclic) bond motifs is 2. The average molecular weight is 509 g/mol. The van der Waals surface area contributed by atoms with Crippen molar-refractivity contribution < 1.29 is 18.8 Å². The Bertz CT molecular complexity index is 1160. The van der Waals surface area contributed by atoms with Gasteiger partial charge in [0.2, 0.25) is 5.88 Å². The van der Waals surface area contributed by atoms with Gasteiger partial charge in [0, 0.05) is 12.3 Å². The highest BCUT2D eigenvalue weighted by Crippen LogP contribution is 2.24. The van der Waals surface area contributed by atoms with Gasteiger partial charge in [-0.1, -0.05) is 77.7 Å². The van der Waals surface area contributed by atoms with Gasteiger partial charge in [0.15, 0.2) is 0 Å². The second-order valence-corrected chi connectivity index (χ2v) is 8.31. The fraction of sp³-hybridized carbons (Fsp3) is 0.258. The standard InChI is InChI=1S/C14H13BO2.C13H12BNO2.2C2H6/c1-15-14-8-7-13(9-11(14)10-16-15)17-12-5-3-2-4-6-12;1-14-12-6-5-11(8-10(12)9-16-14)17-13-4-2-3-7-15-13;2*1-2/h2-9H,10H2,1H3;2-8H,9H2,1H3;2*1-2H3. The number of rotatable bonds is 4. The fourth-order valence-electron chi connectivity index (χ4n) is 4.10. The van der Waals surface area contributed by atoms with Gasteiger partial charge in [-0.25, -0.2) is 4.98 Å². The van der Waals surface area contributed by atoms with E-state index in [2.05, 4.69) is 36.8 Å². The van der Waals surface area contributed by atoms with Crippen molar-refractivity contribution in [2.75, 3.05) is 0 Å². The molecule has 5 nitrogen and oxygen atoms in total. The van der Waals surface area contributed by atoms with Gasteiger partial charge in [-0.15, -0.1) is 0 Å². The summed E-state index contributed by atoms with van der Waals surface area (Å²) in [5.41, 5.74) is 4.95. The molecule has 0 amide bonds. The number of para-hydroxylation sites is 1. The molecule has 2 aliphatic heterocycles. The van der Waals surface area contributed by atoms with Crippen LogP contribution in [0.3, 0.4) is 0 Å². The van der Waals surface area contributed by atoms with Gasteiger partial charge in [0.05, 0.1) is 13.2 Å². The normalized spacial score (nSPS) is 12.5. The van der Waals surface area contributed by atoms with Gasteiger partial charge >= 0.3 is 13.8 Å². The van der Waals surface area contributed by atoms with Crippen LogP contribution in [0.4, 0.5) is 0 Å². The van der Waals surface area contributed by atoms with Crippen LogP contribution in [0.15, 0.2) is 91.1 Å². The summed E-state index contributed by atoms with van der Waals surface area (Å²) in [4.78, 5) is 4.13. The Kier molecular flexibility index (Phi) is 11.5. The highest BCUT2D eigenvalue weighted by atomic mass is 16.5. The molecule has 38 heavy (non-hydrogen) atoms. The van der Waals surface area contributed by atoms with E-state index in [1.807, 2.05) is 94.4 Å². The summed E-state index contributed by atoms with van der Waals surface area (Å²) in [6.07, 6.45) is 1.72. The summed E-state index contributed by atoms with van der Waals surface area (Å²) in [7, 11) is 0. The van der Waals surface area contributed by atoms with Crippen LogP contribution in [0.2, 0.25) is 13.6 Å². The van der Waals surface area contributed by atoms with Crippen molar-refractivity contribution in [1.29, 1.82) is 0 Å². The third kappa shape index (κ3) is 7.73. The molecule has 0 N–H and O–H groups in total. The minimum Gasteiger partial charge on any atom is -0.457 e. The smallest absolute Gasteiger partial charge is 0.324 e. The zero-order valence-corrected chi connectivity index (χ0v) is 23.3. The van der Waals surface area contributed by atoms with Gasteiger partial charge in [-0.3, -0.25) is 0 Å². The molecule has 3 aromatic carbocycles. The number of hydrogen-bond donors (Lipinski definition) is 0. The second-order valence-electron chi connectivity index (χ2n) is 8.31. The molecular weight excluding hydrogens is 472 g/mol. The predicted octanol–water partition coefficient (Wildman–Crippen LogP) is 7.12. The van der Waals surface area contributed by atoms with E-state index in [1.165, 1.54) is 22.1 Å². The van der Waals surface area contributed by atoms with Crippen molar-refractivity contribution in [3.8, 4) is 23.1 Å². The van der Waals surface area contributed by atoms with Crippen LogP contribution in [0, 0.1) is 0 Å². The lowest BCUT2D eigenvalue weighted by Crippen LogP contribution is -2.23. The van der Waals surface area contributed by atoms with E-state index < -0.39 is 0 Å². The maximum absolute atomic E-state index is 5.78. The van der Waals surface area contributed by atoms with Crippen LogP contribution in [-0.4, -0.2) is 18.8 Å². The Morgan fingerprint density at radius 1 is 0.605 bits per heavy atom. The fourth-order valence-corrected chi connectivity index (χ4v) is 4.10. The summed E-state index contributed by atoms with van der Waals surface area (Å²) >= 11 is 0. The minimum atomic E-state index is 0.189. The molecule has 196 valence electrons. The Morgan fingerprint density at radius 3 is 1.66 bits per heavy atom.